The first-order valence-electron chi connectivity index (χ1n) is 8.41. The highest BCUT2D eigenvalue weighted by Gasteiger charge is 1.95. The molecule has 0 aliphatic rings. The van der Waals surface area contributed by atoms with Gasteiger partial charge in [0, 0.05) is 0 Å². The van der Waals surface area contributed by atoms with Crippen molar-refractivity contribution in [2.75, 3.05) is 0 Å². The third-order valence-corrected chi connectivity index (χ3v) is 3.95. The van der Waals surface area contributed by atoms with E-state index in [2.05, 4.69) is 0 Å². The van der Waals surface area contributed by atoms with E-state index < -0.39 is 0 Å². The summed E-state index contributed by atoms with van der Waals surface area (Å²) < 4.78 is 0. The van der Waals surface area contributed by atoms with Gasteiger partial charge in [0.05, 0.1) is 0 Å². The summed E-state index contributed by atoms with van der Waals surface area (Å²) in [5, 5.41) is 18.2. The molecule has 0 spiro atoms. The van der Waals surface area contributed by atoms with Gasteiger partial charge in [-0.05, 0) is 46.5 Å². The van der Waals surface area contributed by atoms with Crippen LogP contribution in [0.3, 0.4) is 0 Å². The molecule has 4 aromatic rings. The molecule has 0 saturated heterocycles. The predicted molar refractivity (Wildman–Crippen MR) is 107 cm³/mol. The van der Waals surface area contributed by atoms with Crippen LogP contribution in [0.15, 0.2) is 109 Å². The van der Waals surface area contributed by atoms with Crippen molar-refractivity contribution in [2.45, 2.75) is 0 Å². The Kier molecular flexibility index (Phi) is 5.69. The summed E-state index contributed by atoms with van der Waals surface area (Å²) in [6.45, 7) is 0. The number of aromatic hydroxyl groups is 2. The van der Waals surface area contributed by atoms with Gasteiger partial charge in [-0.3, -0.25) is 0 Å². The van der Waals surface area contributed by atoms with Crippen molar-refractivity contribution in [2.24, 2.45) is 0 Å². The van der Waals surface area contributed by atoms with Crippen molar-refractivity contribution in [1.82, 2.24) is 0 Å². The van der Waals surface area contributed by atoms with Crippen LogP contribution in [-0.4, -0.2) is 10.2 Å². The Morgan fingerprint density at radius 2 is 0.577 bits per heavy atom. The van der Waals surface area contributed by atoms with E-state index in [4.69, 9.17) is 10.2 Å². The monoisotopic (exact) mass is 340 g/mol. The van der Waals surface area contributed by atoms with E-state index in [0.717, 1.165) is 11.1 Å². The molecule has 0 aromatic heterocycles. The highest BCUT2D eigenvalue weighted by Crippen LogP contribution is 2.21. The molecule has 26 heavy (non-hydrogen) atoms. The zero-order chi connectivity index (χ0) is 18.2. The Labute approximate surface area is 153 Å². The highest BCUT2D eigenvalue weighted by molar-refractivity contribution is 5.64. The lowest BCUT2D eigenvalue weighted by Gasteiger charge is -2.00. The molecule has 0 saturated carbocycles. The maximum atomic E-state index is 9.10. The minimum atomic E-state index is 0.305. The maximum absolute atomic E-state index is 9.10. The van der Waals surface area contributed by atoms with Gasteiger partial charge in [0.25, 0.3) is 0 Å². The van der Waals surface area contributed by atoms with E-state index in [1.54, 1.807) is 24.3 Å². The van der Waals surface area contributed by atoms with E-state index in [1.165, 1.54) is 11.1 Å². The topological polar surface area (TPSA) is 40.5 Å². The second kappa shape index (κ2) is 8.54. The smallest absolute Gasteiger partial charge is 0.115 e. The van der Waals surface area contributed by atoms with Crippen LogP contribution in [0.25, 0.3) is 22.3 Å². The summed E-state index contributed by atoms with van der Waals surface area (Å²) in [4.78, 5) is 0. The average Bonchev–Trinajstić information content (AvgIpc) is 2.71. The molecule has 0 fully saturated rings. The number of rotatable bonds is 2. The van der Waals surface area contributed by atoms with Gasteiger partial charge >= 0.3 is 0 Å². The molecular weight excluding hydrogens is 320 g/mol. The Balaban J connectivity index is 0.000000151. The molecule has 4 aromatic carbocycles. The first kappa shape index (κ1) is 17.3. The SMILES string of the molecule is Oc1ccc(-c2ccccc2)cc1.Oc1ccc(-c2ccccc2)cc1. The third-order valence-electron chi connectivity index (χ3n) is 3.95. The van der Waals surface area contributed by atoms with E-state index in [-0.39, 0.29) is 0 Å². The van der Waals surface area contributed by atoms with Crippen LogP contribution in [-0.2, 0) is 0 Å². The normalized spacial score (nSPS) is 9.85. The van der Waals surface area contributed by atoms with Gasteiger partial charge in [-0.2, -0.15) is 0 Å². The molecule has 2 N–H and O–H groups in total. The predicted octanol–water partition coefficient (Wildman–Crippen LogP) is 6.12. The van der Waals surface area contributed by atoms with Gasteiger partial charge in [0.2, 0.25) is 0 Å². The van der Waals surface area contributed by atoms with Gasteiger partial charge in [0.15, 0.2) is 0 Å². The fraction of sp³-hybridized carbons (Fsp3) is 0. The molecule has 0 atom stereocenters. The van der Waals surface area contributed by atoms with Crippen LogP contribution in [0.5, 0.6) is 11.5 Å². The van der Waals surface area contributed by atoms with E-state index in [9.17, 15) is 0 Å². The molecule has 0 aliphatic carbocycles. The van der Waals surface area contributed by atoms with E-state index in [0.29, 0.717) is 11.5 Å². The molecule has 0 bridgehead atoms. The number of phenols is 2. The van der Waals surface area contributed by atoms with Crippen molar-refractivity contribution in [1.29, 1.82) is 0 Å². The molecule has 0 aliphatic heterocycles. The lowest BCUT2D eigenvalue weighted by atomic mass is 10.1. The highest BCUT2D eigenvalue weighted by atomic mass is 16.3. The summed E-state index contributed by atoms with van der Waals surface area (Å²) in [5.41, 5.74) is 4.59. The van der Waals surface area contributed by atoms with E-state index in [1.807, 2.05) is 84.9 Å². The Morgan fingerprint density at radius 1 is 0.308 bits per heavy atom. The second-order valence-corrected chi connectivity index (χ2v) is 5.83. The third kappa shape index (κ3) is 4.74. The van der Waals surface area contributed by atoms with Gasteiger partial charge in [-0.15, -0.1) is 0 Å². The van der Waals surface area contributed by atoms with Crippen LogP contribution in [0.1, 0.15) is 0 Å². The molecule has 128 valence electrons. The van der Waals surface area contributed by atoms with Crippen molar-refractivity contribution >= 4 is 0 Å². The summed E-state index contributed by atoms with van der Waals surface area (Å²) in [6.07, 6.45) is 0. The van der Waals surface area contributed by atoms with Crippen molar-refractivity contribution in [3.63, 3.8) is 0 Å². The van der Waals surface area contributed by atoms with Crippen molar-refractivity contribution in [3.8, 4) is 33.8 Å². The second-order valence-electron chi connectivity index (χ2n) is 5.83. The molecule has 0 unspecified atom stereocenters. The lowest BCUT2D eigenvalue weighted by molar-refractivity contribution is 0.475. The summed E-state index contributed by atoms with van der Waals surface area (Å²) in [6, 6.07) is 34.6. The average molecular weight is 340 g/mol. The van der Waals surface area contributed by atoms with Gasteiger partial charge < -0.3 is 10.2 Å². The van der Waals surface area contributed by atoms with Crippen molar-refractivity contribution in [3.05, 3.63) is 109 Å². The lowest BCUT2D eigenvalue weighted by Crippen LogP contribution is -1.74. The van der Waals surface area contributed by atoms with E-state index >= 15 is 0 Å². The standard InChI is InChI=1S/2C12H10O/c2*13-12-8-6-11(7-9-12)10-4-2-1-3-5-10/h2*1-9,13H. The fourth-order valence-corrected chi connectivity index (χ4v) is 2.57. The zero-order valence-electron chi connectivity index (χ0n) is 14.3. The molecule has 0 amide bonds. The van der Waals surface area contributed by atoms with Crippen LogP contribution in [0.4, 0.5) is 0 Å². The van der Waals surface area contributed by atoms with Crippen LogP contribution >= 0.6 is 0 Å². The van der Waals surface area contributed by atoms with Gasteiger partial charge in [0.1, 0.15) is 11.5 Å². The minimum Gasteiger partial charge on any atom is -0.508 e. The molecule has 0 radical (unpaired) electrons. The Hall–Kier alpha value is -3.52. The number of hydrogen-bond acceptors (Lipinski definition) is 2. The minimum absolute atomic E-state index is 0.305. The van der Waals surface area contributed by atoms with Crippen LogP contribution in [0, 0.1) is 0 Å². The van der Waals surface area contributed by atoms with Crippen LogP contribution < -0.4 is 0 Å². The summed E-state index contributed by atoms with van der Waals surface area (Å²) in [5.74, 6) is 0.611. The Morgan fingerprint density at radius 3 is 0.885 bits per heavy atom. The number of hydrogen-bond donors (Lipinski definition) is 2. The first-order valence-corrected chi connectivity index (χ1v) is 8.41. The molecule has 2 heteroatoms. The maximum Gasteiger partial charge on any atom is 0.115 e. The molecular formula is C24H20O2. The summed E-state index contributed by atoms with van der Waals surface area (Å²) >= 11 is 0. The Bertz CT molecular complexity index is 832. The van der Waals surface area contributed by atoms with Gasteiger partial charge in [-0.1, -0.05) is 84.9 Å². The number of phenolic OH excluding ortho intramolecular Hbond substituents is 2. The largest absolute Gasteiger partial charge is 0.508 e. The van der Waals surface area contributed by atoms with Gasteiger partial charge in [-0.25, -0.2) is 0 Å². The molecule has 2 nitrogen and oxygen atoms in total. The molecule has 4 rings (SSSR count). The number of benzene rings is 4. The first-order chi connectivity index (χ1) is 12.7. The quantitative estimate of drug-likeness (QED) is 0.461. The van der Waals surface area contributed by atoms with Crippen molar-refractivity contribution < 1.29 is 10.2 Å². The zero-order valence-corrected chi connectivity index (χ0v) is 14.3. The fourth-order valence-electron chi connectivity index (χ4n) is 2.57. The van der Waals surface area contributed by atoms with Crippen LogP contribution in [0.2, 0.25) is 0 Å². The molecule has 0 heterocycles. The summed E-state index contributed by atoms with van der Waals surface area (Å²) in [7, 11) is 0.